The molecule has 0 radical (unpaired) electrons. The molecule has 19 aromatic carbocycles. The Kier molecular flexibility index (Phi) is 17.5. The lowest BCUT2D eigenvalue weighted by molar-refractivity contribution is 0.660. The molecule has 0 saturated heterocycles. The highest BCUT2D eigenvalue weighted by Gasteiger charge is 2.53. The molecule has 28 rings (SSSR count). The Labute approximate surface area is 779 Å². The lowest BCUT2D eigenvalue weighted by Crippen LogP contribution is -2.32. The van der Waals surface area contributed by atoms with Crippen LogP contribution in [0, 0.1) is 6.08 Å². The molecule has 0 fully saturated rings. The first-order chi connectivity index (χ1) is 64.4. The average molecular weight is 1770 g/mol. The summed E-state index contributed by atoms with van der Waals surface area (Å²) in [4.78, 5) is 7.82. The maximum absolute atomic E-state index is 3.78. The molecule has 7 heteroatoms. The Morgan fingerprint density at radius 1 is 0.282 bits per heavy atom. The molecule has 7 aliphatic rings. The van der Waals surface area contributed by atoms with E-state index in [9.17, 15) is 0 Å². The largest absolute Gasteiger partial charge is 0.355 e. The van der Waals surface area contributed by atoms with E-state index in [0.29, 0.717) is 0 Å². The van der Waals surface area contributed by atoms with E-state index in [1.807, 2.05) is 29.6 Å². The van der Waals surface area contributed by atoms with E-state index in [-0.39, 0.29) is 16.2 Å². The summed E-state index contributed by atoms with van der Waals surface area (Å²) < 4.78 is 5.85. The number of anilines is 5. The maximum Gasteiger partial charge on any atom is 0.166 e. The third kappa shape index (κ3) is 11.6. The SMILES string of the molecule is Brc1ccc2c(c1)C1(c3ccccc3Sc3ccccc31)c1cc3ccccc3cc1-2.CC1(C)c2ccccc2-c2ccc(N(c3ccc4c(c3)C3(c5ccccc5Sc5ccccc53)c3cc5ccccc5cc3-4)c3ccc4c(c3)c3ccccc3n4-c3ccccc3)cc21.CC1(C)c2ccccc2-c2ccc(Nc3ccc4c(c3)c3c(n4-c4ccccc4)C=[C+]C=C3)cc21. The van der Waals surface area contributed by atoms with Gasteiger partial charge in [-0.25, -0.2) is 0 Å². The highest BCUT2D eigenvalue weighted by Crippen LogP contribution is 2.66. The van der Waals surface area contributed by atoms with Gasteiger partial charge in [-0.1, -0.05) is 316 Å². The molecule has 0 amide bonds. The number of allylic oxidation sites excluding steroid dienone is 2. The normalized spacial score (nSPS) is 14.5. The minimum Gasteiger partial charge on any atom is -0.355 e. The topological polar surface area (TPSA) is 25.1 Å². The Morgan fingerprint density at radius 3 is 1.23 bits per heavy atom. The molecule has 2 aliphatic heterocycles. The highest BCUT2D eigenvalue weighted by molar-refractivity contribution is 9.10. The molecule has 2 aromatic heterocycles. The van der Waals surface area contributed by atoms with Gasteiger partial charge in [0, 0.05) is 91.2 Å². The fourth-order valence-electron chi connectivity index (χ4n) is 23.3. The van der Waals surface area contributed by atoms with Gasteiger partial charge in [0.1, 0.15) is 17.7 Å². The van der Waals surface area contributed by atoms with Crippen LogP contribution >= 0.6 is 39.5 Å². The van der Waals surface area contributed by atoms with Crippen molar-refractivity contribution in [3.8, 4) is 55.9 Å². The minimum atomic E-state index is -0.524. The zero-order valence-corrected chi connectivity index (χ0v) is 75.7. The third-order valence-electron chi connectivity index (χ3n) is 29.1. The van der Waals surface area contributed by atoms with Crippen molar-refractivity contribution in [2.75, 3.05) is 10.2 Å². The fourth-order valence-corrected chi connectivity index (χ4v) is 26.0. The Hall–Kier alpha value is -14.8. The first kappa shape index (κ1) is 77.4. The summed E-state index contributed by atoms with van der Waals surface area (Å²) in [6.45, 7) is 9.41. The van der Waals surface area contributed by atoms with E-state index in [0.717, 1.165) is 44.3 Å². The van der Waals surface area contributed by atoms with Crippen LogP contribution in [0.2, 0.25) is 0 Å². The van der Waals surface area contributed by atoms with Crippen molar-refractivity contribution in [3.05, 3.63) is 507 Å². The molecular formula is C124H84BrN4S2+. The lowest BCUT2D eigenvalue weighted by Gasteiger charge is -2.40. The van der Waals surface area contributed by atoms with Crippen LogP contribution < -0.4 is 10.2 Å². The number of hydrogen-bond acceptors (Lipinski definition) is 4. The van der Waals surface area contributed by atoms with Gasteiger partial charge in [-0.05, 0) is 297 Å². The number of nitrogens with zero attached hydrogens (tertiary/aromatic N) is 3. The van der Waals surface area contributed by atoms with Crippen molar-refractivity contribution in [2.45, 2.75) is 68.9 Å². The van der Waals surface area contributed by atoms with Crippen LogP contribution in [-0.4, -0.2) is 9.13 Å². The van der Waals surface area contributed by atoms with Crippen molar-refractivity contribution < 1.29 is 0 Å². The van der Waals surface area contributed by atoms with Crippen LogP contribution in [0.4, 0.5) is 28.4 Å². The second-order valence-electron chi connectivity index (χ2n) is 36.6. The molecule has 1 N–H and O–H groups in total. The van der Waals surface area contributed by atoms with Crippen LogP contribution in [0.5, 0.6) is 0 Å². The van der Waals surface area contributed by atoms with Crippen LogP contribution in [0.25, 0.3) is 122 Å². The molecule has 0 bridgehead atoms. The molecule has 0 saturated carbocycles. The van der Waals surface area contributed by atoms with Gasteiger partial charge in [0.25, 0.3) is 0 Å². The maximum atomic E-state index is 3.78. The monoisotopic (exact) mass is 1770 g/mol. The first-order valence-corrected chi connectivity index (χ1v) is 47.7. The van der Waals surface area contributed by atoms with Gasteiger partial charge in [-0.15, -0.1) is 0 Å². The predicted octanol–water partition coefficient (Wildman–Crippen LogP) is 33.5. The quantitative estimate of drug-likeness (QED) is 0.161. The molecule has 4 heterocycles. The van der Waals surface area contributed by atoms with Gasteiger partial charge < -0.3 is 14.8 Å². The van der Waals surface area contributed by atoms with Crippen LogP contribution in [-0.2, 0) is 21.7 Å². The highest BCUT2D eigenvalue weighted by atomic mass is 79.9. The number of nitrogens with one attached hydrogen (secondary N) is 1. The van der Waals surface area contributed by atoms with E-state index in [2.05, 4.69) is 494 Å². The molecule has 4 nitrogen and oxygen atoms in total. The summed E-state index contributed by atoms with van der Waals surface area (Å²) in [5.41, 5.74) is 39.9. The second kappa shape index (κ2) is 29.6. The minimum absolute atomic E-state index is 0.00677. The van der Waals surface area contributed by atoms with E-state index in [1.54, 1.807) is 0 Å². The van der Waals surface area contributed by atoms with Crippen molar-refractivity contribution in [1.29, 1.82) is 0 Å². The summed E-state index contributed by atoms with van der Waals surface area (Å²) in [5, 5.41) is 12.5. The van der Waals surface area contributed by atoms with E-state index >= 15 is 0 Å². The number of benzene rings is 19. The summed E-state index contributed by atoms with van der Waals surface area (Å²) in [6.07, 6.45) is 9.50. The molecular weight excluding hydrogens is 1690 g/mol. The van der Waals surface area contributed by atoms with Crippen molar-refractivity contribution in [2.24, 2.45) is 0 Å². The summed E-state index contributed by atoms with van der Waals surface area (Å²) in [7, 11) is 0. The number of para-hydroxylation sites is 3. The van der Waals surface area contributed by atoms with E-state index in [1.165, 1.54) is 196 Å². The summed E-state index contributed by atoms with van der Waals surface area (Å²) in [5.74, 6) is 0. The molecule has 21 aromatic rings. The van der Waals surface area contributed by atoms with Crippen molar-refractivity contribution in [3.63, 3.8) is 0 Å². The predicted molar refractivity (Wildman–Crippen MR) is 552 cm³/mol. The number of hydrogen-bond donors (Lipinski definition) is 1. The second-order valence-corrected chi connectivity index (χ2v) is 39.7. The lowest BCUT2D eigenvalue weighted by atomic mass is 9.67. The summed E-state index contributed by atoms with van der Waals surface area (Å²) >= 11 is 7.56. The number of fused-ring (bicyclic) bond motifs is 32. The van der Waals surface area contributed by atoms with Crippen LogP contribution in [0.1, 0.15) is 106 Å². The average Bonchev–Trinajstić information content (AvgIpc) is 1.53. The number of aromatic nitrogens is 2. The van der Waals surface area contributed by atoms with Crippen LogP contribution in [0.15, 0.2) is 443 Å². The molecule has 0 atom stereocenters. The smallest absolute Gasteiger partial charge is 0.166 e. The first-order valence-electron chi connectivity index (χ1n) is 45.3. The Bertz CT molecular complexity index is 8400. The van der Waals surface area contributed by atoms with Gasteiger partial charge in [0.2, 0.25) is 0 Å². The molecule has 0 unspecified atom stereocenters. The number of halogens is 1. The Morgan fingerprint density at radius 2 is 0.664 bits per heavy atom. The zero-order chi connectivity index (χ0) is 87.2. The summed E-state index contributed by atoms with van der Waals surface area (Å²) in [6, 6.07) is 153. The molecule has 5 aliphatic carbocycles. The van der Waals surface area contributed by atoms with E-state index in [4.69, 9.17) is 0 Å². The molecule has 2 spiro atoms. The van der Waals surface area contributed by atoms with Gasteiger partial charge in [0.05, 0.1) is 39.1 Å². The van der Waals surface area contributed by atoms with Gasteiger partial charge >= 0.3 is 0 Å². The number of rotatable bonds is 7. The molecule has 618 valence electrons. The van der Waals surface area contributed by atoms with Crippen molar-refractivity contribution in [1.82, 2.24) is 9.13 Å². The third-order valence-corrected chi connectivity index (χ3v) is 31.9. The van der Waals surface area contributed by atoms with Crippen LogP contribution in [0.3, 0.4) is 0 Å². The fraction of sp³-hybridized carbons (Fsp3) is 0.0645. The molecule has 131 heavy (non-hydrogen) atoms. The Balaban J connectivity index is 0.000000114. The van der Waals surface area contributed by atoms with Gasteiger partial charge in [0.15, 0.2) is 5.69 Å². The van der Waals surface area contributed by atoms with E-state index < -0.39 is 5.41 Å². The zero-order valence-electron chi connectivity index (χ0n) is 72.5. The standard InChI is InChI=1S/C62H42N2S.C33H25N2.C29H17BrS/c1-61(2)51-22-10-8-20-45(51)46-31-28-43(37-54(46)61)63(42-30-33-58-50(36-42)48-21-9-13-25-57(48)64(58)41-18-4-3-5-19-41)44-29-32-47-49-34-39-16-6-7-17-40(39)35-55(49)62(56(47)38-44)52-23-11-14-26-59(52)65-60-27-15-12-24-53(60)62;1-33(2)29-14-8-6-12-25(29)26-18-16-23(21-30(26)33)34-22-17-19-32-28(20-22)27-13-7-9-15-31(27)35(32)24-10-4-3-5-11-24;30-20-13-14-21-22-15-18-7-1-2-8-19(18)16-25(22)29(26(21)17-20)23-9-3-5-11-27(23)31-28-12-6-4-10-24(28)29/h3-38H,1-2H3;3-8,10-21,34H,1-2H3;1-17H/q;+1;. The van der Waals surface area contributed by atoms with Crippen molar-refractivity contribution >= 4 is 134 Å². The van der Waals surface area contributed by atoms with Gasteiger partial charge in [-0.3, -0.25) is 4.57 Å². The van der Waals surface area contributed by atoms with Gasteiger partial charge in [-0.2, -0.15) is 0 Å².